The van der Waals surface area contributed by atoms with Gasteiger partial charge in [-0.25, -0.2) is 0 Å². The lowest BCUT2D eigenvalue weighted by molar-refractivity contribution is 0.359. The Bertz CT molecular complexity index is 134. The number of hydrogen-bond acceptors (Lipinski definition) is 2. The Morgan fingerprint density at radius 1 is 0.929 bits per heavy atom. The molecule has 0 aliphatic rings. The highest BCUT2D eigenvalue weighted by atomic mass is 14.9. The SMILES string of the molecule is CC(C)CC(C)NC(C)CC(C)CN. The molecule has 0 aliphatic heterocycles. The summed E-state index contributed by atoms with van der Waals surface area (Å²) < 4.78 is 0. The highest BCUT2D eigenvalue weighted by Crippen LogP contribution is 2.08. The van der Waals surface area contributed by atoms with E-state index in [4.69, 9.17) is 5.73 Å². The van der Waals surface area contributed by atoms with E-state index in [1.807, 2.05) is 0 Å². The third-order valence-electron chi connectivity index (χ3n) is 2.55. The van der Waals surface area contributed by atoms with E-state index in [1.165, 1.54) is 12.8 Å². The quantitative estimate of drug-likeness (QED) is 0.662. The Kier molecular flexibility index (Phi) is 7.20. The summed E-state index contributed by atoms with van der Waals surface area (Å²) in [4.78, 5) is 0. The van der Waals surface area contributed by atoms with E-state index in [0.717, 1.165) is 12.5 Å². The van der Waals surface area contributed by atoms with Crippen molar-refractivity contribution in [2.24, 2.45) is 17.6 Å². The molecule has 0 fully saturated rings. The number of nitrogens with one attached hydrogen (secondary N) is 1. The third kappa shape index (κ3) is 7.34. The van der Waals surface area contributed by atoms with E-state index < -0.39 is 0 Å². The van der Waals surface area contributed by atoms with Crippen molar-refractivity contribution in [1.29, 1.82) is 0 Å². The Labute approximate surface area is 89.6 Å². The van der Waals surface area contributed by atoms with Crippen LogP contribution < -0.4 is 11.1 Å². The Morgan fingerprint density at radius 3 is 1.86 bits per heavy atom. The molecule has 14 heavy (non-hydrogen) atoms. The van der Waals surface area contributed by atoms with E-state index >= 15 is 0 Å². The van der Waals surface area contributed by atoms with Gasteiger partial charge in [-0.3, -0.25) is 0 Å². The molecule has 3 atom stereocenters. The van der Waals surface area contributed by atoms with Gasteiger partial charge in [0, 0.05) is 12.1 Å². The summed E-state index contributed by atoms with van der Waals surface area (Å²) >= 11 is 0. The van der Waals surface area contributed by atoms with Crippen molar-refractivity contribution in [3.8, 4) is 0 Å². The van der Waals surface area contributed by atoms with Crippen LogP contribution in [0.4, 0.5) is 0 Å². The van der Waals surface area contributed by atoms with Gasteiger partial charge in [0.25, 0.3) is 0 Å². The van der Waals surface area contributed by atoms with E-state index in [2.05, 4.69) is 39.9 Å². The lowest BCUT2D eigenvalue weighted by atomic mass is 10.0. The molecular weight excluding hydrogens is 172 g/mol. The molecule has 3 unspecified atom stereocenters. The molecule has 2 heteroatoms. The molecule has 3 N–H and O–H groups in total. The molecule has 2 nitrogen and oxygen atoms in total. The van der Waals surface area contributed by atoms with Gasteiger partial charge in [0.1, 0.15) is 0 Å². The van der Waals surface area contributed by atoms with Crippen LogP contribution in [0, 0.1) is 11.8 Å². The molecule has 0 radical (unpaired) electrons. The van der Waals surface area contributed by atoms with Gasteiger partial charge in [0.05, 0.1) is 0 Å². The Balaban J connectivity index is 3.65. The fourth-order valence-corrected chi connectivity index (χ4v) is 2.03. The smallest absolute Gasteiger partial charge is 0.00442 e. The fourth-order valence-electron chi connectivity index (χ4n) is 2.03. The zero-order valence-corrected chi connectivity index (χ0v) is 10.5. The van der Waals surface area contributed by atoms with E-state index in [-0.39, 0.29) is 0 Å². The molecule has 0 rings (SSSR count). The van der Waals surface area contributed by atoms with Gasteiger partial charge in [0.2, 0.25) is 0 Å². The lowest BCUT2D eigenvalue weighted by Crippen LogP contribution is -2.37. The van der Waals surface area contributed by atoms with E-state index in [1.54, 1.807) is 0 Å². The van der Waals surface area contributed by atoms with Crippen molar-refractivity contribution >= 4 is 0 Å². The van der Waals surface area contributed by atoms with Crippen molar-refractivity contribution in [3.05, 3.63) is 0 Å². The van der Waals surface area contributed by atoms with Gasteiger partial charge >= 0.3 is 0 Å². The van der Waals surface area contributed by atoms with Crippen molar-refractivity contribution in [3.63, 3.8) is 0 Å². The van der Waals surface area contributed by atoms with E-state index in [9.17, 15) is 0 Å². The first-order chi connectivity index (χ1) is 6.45. The minimum absolute atomic E-state index is 0.585. The van der Waals surface area contributed by atoms with Crippen molar-refractivity contribution < 1.29 is 0 Å². The molecule has 86 valence electrons. The Morgan fingerprint density at radius 2 is 1.43 bits per heavy atom. The summed E-state index contributed by atoms with van der Waals surface area (Å²) in [6, 6.07) is 1.21. The average molecular weight is 200 g/mol. The molecular formula is C12H28N2. The molecule has 0 heterocycles. The van der Waals surface area contributed by atoms with Crippen LogP contribution in [0.3, 0.4) is 0 Å². The van der Waals surface area contributed by atoms with Crippen molar-refractivity contribution in [2.45, 2.75) is 59.5 Å². The predicted octanol–water partition coefficient (Wildman–Crippen LogP) is 2.38. The minimum Gasteiger partial charge on any atom is -0.330 e. The van der Waals surface area contributed by atoms with Gasteiger partial charge < -0.3 is 11.1 Å². The van der Waals surface area contributed by atoms with Crippen LogP contribution in [-0.2, 0) is 0 Å². The maximum Gasteiger partial charge on any atom is 0.00442 e. The fraction of sp³-hybridized carbons (Fsp3) is 1.00. The summed E-state index contributed by atoms with van der Waals surface area (Å²) in [5.41, 5.74) is 5.60. The van der Waals surface area contributed by atoms with Crippen LogP contribution >= 0.6 is 0 Å². The molecule has 0 saturated heterocycles. The standard InChI is InChI=1S/C12H28N2/c1-9(2)6-11(4)14-12(5)7-10(3)8-13/h9-12,14H,6-8,13H2,1-5H3. The molecule has 0 aromatic heterocycles. The van der Waals surface area contributed by atoms with Gasteiger partial charge in [-0.1, -0.05) is 20.8 Å². The second-order valence-electron chi connectivity index (χ2n) is 5.17. The monoisotopic (exact) mass is 200 g/mol. The maximum absolute atomic E-state index is 5.60. The molecule has 0 aromatic rings. The van der Waals surface area contributed by atoms with Gasteiger partial charge in [-0.05, 0) is 45.1 Å². The maximum atomic E-state index is 5.60. The highest BCUT2D eigenvalue weighted by molar-refractivity contribution is 4.71. The number of rotatable bonds is 7. The van der Waals surface area contributed by atoms with Crippen LogP contribution in [-0.4, -0.2) is 18.6 Å². The first-order valence-corrected chi connectivity index (χ1v) is 5.91. The minimum atomic E-state index is 0.585. The first kappa shape index (κ1) is 13.9. The summed E-state index contributed by atoms with van der Waals surface area (Å²) in [5.74, 6) is 1.40. The number of hydrogen-bond donors (Lipinski definition) is 2. The van der Waals surface area contributed by atoms with Crippen LogP contribution in [0.1, 0.15) is 47.5 Å². The van der Waals surface area contributed by atoms with Gasteiger partial charge in [-0.15, -0.1) is 0 Å². The second-order valence-corrected chi connectivity index (χ2v) is 5.17. The predicted molar refractivity (Wildman–Crippen MR) is 64.4 cm³/mol. The molecule has 0 saturated carbocycles. The summed E-state index contributed by atoms with van der Waals surface area (Å²) in [5, 5.41) is 3.62. The highest BCUT2D eigenvalue weighted by Gasteiger charge is 2.11. The molecule has 0 aliphatic carbocycles. The van der Waals surface area contributed by atoms with E-state index in [0.29, 0.717) is 18.0 Å². The third-order valence-corrected chi connectivity index (χ3v) is 2.55. The zero-order chi connectivity index (χ0) is 11.1. The zero-order valence-electron chi connectivity index (χ0n) is 10.5. The van der Waals surface area contributed by atoms with Crippen LogP contribution in [0.5, 0.6) is 0 Å². The normalized spacial score (nSPS) is 18.2. The first-order valence-electron chi connectivity index (χ1n) is 5.91. The van der Waals surface area contributed by atoms with Crippen LogP contribution in [0.25, 0.3) is 0 Å². The summed E-state index contributed by atoms with van der Waals surface area (Å²) in [7, 11) is 0. The molecule has 0 amide bonds. The van der Waals surface area contributed by atoms with Gasteiger partial charge in [0.15, 0.2) is 0 Å². The van der Waals surface area contributed by atoms with Crippen LogP contribution in [0.15, 0.2) is 0 Å². The van der Waals surface area contributed by atoms with Crippen LogP contribution in [0.2, 0.25) is 0 Å². The lowest BCUT2D eigenvalue weighted by Gasteiger charge is -2.23. The van der Waals surface area contributed by atoms with Crippen molar-refractivity contribution in [2.75, 3.05) is 6.54 Å². The Hall–Kier alpha value is -0.0800. The molecule has 0 bridgehead atoms. The second kappa shape index (κ2) is 7.24. The largest absolute Gasteiger partial charge is 0.330 e. The molecule has 0 aromatic carbocycles. The summed E-state index contributed by atoms with van der Waals surface area (Å²) in [6.45, 7) is 12.1. The topological polar surface area (TPSA) is 38.0 Å². The average Bonchev–Trinajstić information content (AvgIpc) is 2.01. The van der Waals surface area contributed by atoms with Crippen molar-refractivity contribution in [1.82, 2.24) is 5.32 Å². The summed E-state index contributed by atoms with van der Waals surface area (Å²) in [6.07, 6.45) is 2.43. The number of nitrogens with two attached hydrogens (primary N) is 1. The molecule has 0 spiro atoms. The van der Waals surface area contributed by atoms with Gasteiger partial charge in [-0.2, -0.15) is 0 Å².